The molecule has 29 heteroatoms. The maximum absolute atomic E-state index is 14.3. The van der Waals surface area contributed by atoms with Gasteiger partial charge in [-0.15, -0.1) is 22.7 Å². The summed E-state index contributed by atoms with van der Waals surface area (Å²) in [5.41, 5.74) is 10.8. The summed E-state index contributed by atoms with van der Waals surface area (Å²) < 4.78 is 40.4. The number of carbonyl (C=O) groups is 8. The number of carboxylic acids is 2. The van der Waals surface area contributed by atoms with Gasteiger partial charge in [-0.1, -0.05) is 85.6 Å². The van der Waals surface area contributed by atoms with E-state index < -0.39 is 19.1 Å². The van der Waals surface area contributed by atoms with E-state index in [0.717, 1.165) is 177 Å². The third-order valence-corrected chi connectivity index (χ3v) is 25.2. The second kappa shape index (κ2) is 38.4. The molecule has 2 aliphatic carbocycles. The Morgan fingerprint density at radius 1 is 0.529 bits per heavy atom. The summed E-state index contributed by atoms with van der Waals surface area (Å²) in [6.07, 6.45) is 13.1. The standard InChI is InChI=1S/C43H39FN4O4S.C40H34BrFN4O4S.C3H7BO2.2C2H4O2.Pd/c44-35-7-3-1-5-29(35)22-37(49)38-23-30-15-18-48(36-8-4-2-6-33(36)39(30)53-38)42(51)28-11-13-32(14-12-28)46-41(50)34-21-31(27-9-10-27)24-45-40(34)47-25-43(26-47)16-19-52-20-17-43;41-28-21-31(37(43-22-28)45-23-40(24-45)14-17-50-18-15-40)38(48)44-29-11-9-25(10-12-29)39(49)46-16-13-27-20-35(34(47)19-26-5-1-3-7-32(26)42)51-36(27)30-6-2-4-8-33(30)46;5-4(6)3-1-2-3;2*1-2(3)4;/h1-8,11-14,21,23-24,27H,9-10,15-20,22,25-26H2,(H,46,50);1-12,20-22H,13-19,23-24H2,(H,44,48);3,5-6H,1-2H2;2*1H3,(H,3,4);. The SMILES string of the molecule is CC(=O)O.CC(=O)O.O=C(Cc1ccccc1F)c1cc2c(s1)-c1ccccc1N(C(=O)c1ccc(NC(=O)c3cc(Br)cnc3N3CC4(CCOCC4)C3)cc1)CC2.O=C(Cc1ccccc1F)c1cc2c(s1)-c1ccccc1N(C(=O)c1ccc(NC(=O)c3cc(C4CC4)cnc3N3CC4(CCOCC4)C3)cc1)CC2.OB(O)C1CC1.[Pd]. The summed E-state index contributed by atoms with van der Waals surface area (Å²) in [6.45, 7) is 9.60. The number of rotatable bonds is 16. The van der Waals surface area contributed by atoms with Gasteiger partial charge >= 0.3 is 7.12 Å². The van der Waals surface area contributed by atoms with E-state index in [2.05, 4.69) is 41.3 Å². The van der Waals surface area contributed by atoms with Gasteiger partial charge in [-0.3, -0.25) is 38.4 Å². The van der Waals surface area contributed by atoms with Crippen LogP contribution in [0.2, 0.25) is 5.82 Å². The summed E-state index contributed by atoms with van der Waals surface area (Å²) in [6, 6.07) is 49.8. The average Bonchev–Trinajstić information content (AvgIpc) is 1.73. The quantitative estimate of drug-likeness (QED) is 0.0387. The number of para-hydroxylation sites is 2. The van der Waals surface area contributed by atoms with Crippen molar-refractivity contribution >= 4 is 127 Å². The molecule has 0 bridgehead atoms. The summed E-state index contributed by atoms with van der Waals surface area (Å²) in [7, 11) is -1.04. The van der Waals surface area contributed by atoms with Gasteiger partial charge in [-0.05, 0) is 204 Å². The molecule has 6 aliphatic heterocycles. The van der Waals surface area contributed by atoms with Crippen LogP contribution in [0.15, 0.2) is 187 Å². The van der Waals surface area contributed by atoms with Crippen LogP contribution in [0.4, 0.5) is 43.2 Å². The van der Waals surface area contributed by atoms with Crippen LogP contribution < -0.4 is 30.2 Å². The summed E-state index contributed by atoms with van der Waals surface area (Å²) in [4.78, 5) is 120. The van der Waals surface area contributed by atoms with E-state index >= 15 is 0 Å². The molecule has 0 unspecified atom stereocenters. The molecule has 2 saturated carbocycles. The Hall–Kier alpha value is -10.3. The molecule has 4 amide bonds. The molecule has 119 heavy (non-hydrogen) atoms. The van der Waals surface area contributed by atoms with Crippen LogP contribution in [0.5, 0.6) is 0 Å². The van der Waals surface area contributed by atoms with Gasteiger partial charge < -0.3 is 60.0 Å². The largest absolute Gasteiger partial charge is 0.481 e. The second-order valence-corrected chi connectivity index (χ2v) is 34.0. The molecule has 0 atom stereocenters. The number of amides is 4. The maximum atomic E-state index is 14.3. The van der Waals surface area contributed by atoms with Crippen LogP contribution in [0.1, 0.15) is 160 Å². The van der Waals surface area contributed by atoms with Crippen LogP contribution >= 0.6 is 38.6 Å². The van der Waals surface area contributed by atoms with E-state index in [0.29, 0.717) is 92.2 Å². The molecule has 8 aliphatic rings. The first-order valence-electron chi connectivity index (χ1n) is 39.4. The number of aromatic nitrogens is 2. The molecule has 4 aromatic heterocycles. The number of Topliss-reactive ketones (excluding diaryl/α,β-unsaturated/α-hetero) is 2. The molecule has 2 spiro atoms. The van der Waals surface area contributed by atoms with Crippen molar-refractivity contribution in [1.29, 1.82) is 0 Å². The van der Waals surface area contributed by atoms with Crippen molar-refractivity contribution < 1.29 is 97.3 Å². The Morgan fingerprint density at radius 3 is 1.30 bits per heavy atom. The van der Waals surface area contributed by atoms with Crippen molar-refractivity contribution in [3.8, 4) is 20.9 Å². The predicted molar refractivity (Wildman–Crippen MR) is 455 cm³/mol. The molecule has 0 radical (unpaired) electrons. The summed E-state index contributed by atoms with van der Waals surface area (Å²) >= 11 is 6.26. The van der Waals surface area contributed by atoms with Crippen LogP contribution in [-0.4, -0.2) is 150 Å². The third-order valence-electron chi connectivity index (χ3n) is 22.3. The van der Waals surface area contributed by atoms with Crippen LogP contribution in [0.3, 0.4) is 0 Å². The van der Waals surface area contributed by atoms with E-state index in [1.54, 1.807) is 107 Å². The zero-order valence-corrected chi connectivity index (χ0v) is 70.2. The van der Waals surface area contributed by atoms with E-state index in [1.165, 1.54) is 34.8 Å². The smallest absolute Gasteiger partial charge is 0.454 e. The first-order valence-corrected chi connectivity index (χ1v) is 41.8. The van der Waals surface area contributed by atoms with Gasteiger partial charge in [0.05, 0.1) is 32.3 Å². The van der Waals surface area contributed by atoms with Crippen molar-refractivity contribution in [3.05, 3.63) is 258 Å². The molecule has 6 aromatic carbocycles. The van der Waals surface area contributed by atoms with Crippen molar-refractivity contribution in [2.24, 2.45) is 10.8 Å². The minimum absolute atomic E-state index is 0. The van der Waals surface area contributed by atoms with Gasteiger partial charge in [0, 0.05) is 184 Å². The number of ether oxygens (including phenoxy) is 2. The summed E-state index contributed by atoms with van der Waals surface area (Å²) in [5.74, 6) is -1.42. The number of thiophene rings is 2. The summed E-state index contributed by atoms with van der Waals surface area (Å²) in [5, 5.41) is 37.4. The van der Waals surface area contributed by atoms with Crippen molar-refractivity contribution in [2.75, 3.05) is 95.9 Å². The topological polar surface area (TPSA) is 299 Å². The number of benzene rings is 6. The zero-order chi connectivity index (χ0) is 82.9. The minimum atomic E-state index is -1.04. The van der Waals surface area contributed by atoms with Gasteiger partial charge in [0.15, 0.2) is 11.6 Å². The van der Waals surface area contributed by atoms with Gasteiger partial charge in [-0.25, -0.2) is 18.7 Å². The van der Waals surface area contributed by atoms with Crippen LogP contribution in [-0.2, 0) is 65.2 Å². The first kappa shape index (κ1) is 86.5. The fourth-order valence-electron chi connectivity index (χ4n) is 15.6. The number of anilines is 6. The molecular formula is C90H88BBrF2N8O14PdS2. The van der Waals surface area contributed by atoms with Crippen molar-refractivity contribution in [1.82, 2.24) is 9.97 Å². The second-order valence-electron chi connectivity index (χ2n) is 31.0. The number of hydrogen-bond acceptors (Lipinski definition) is 18. The fourth-order valence-corrected chi connectivity index (χ4v) is 18.3. The Bertz CT molecular complexity index is 5410. The average molecular weight is 1810 g/mol. The number of carboxylic acid groups (broad SMARTS) is 2. The normalized spacial score (nSPS) is 16.1. The molecule has 6 fully saturated rings. The molecule has 4 saturated heterocycles. The number of nitrogens with one attached hydrogen (secondary N) is 2. The minimum Gasteiger partial charge on any atom is -0.481 e. The molecular weight excluding hydrogens is 1720 g/mol. The van der Waals surface area contributed by atoms with E-state index in [4.69, 9.17) is 44.3 Å². The monoisotopic (exact) mass is 1800 g/mol. The molecule has 10 heterocycles. The number of fused-ring (bicyclic) bond motifs is 6. The number of pyridine rings is 2. The van der Waals surface area contributed by atoms with Crippen LogP contribution in [0, 0.1) is 22.5 Å². The molecule has 618 valence electrons. The number of halogens is 3. The Balaban J connectivity index is 0.000000176. The molecule has 18 rings (SSSR count). The number of nitrogens with zero attached hydrogens (tertiary/aromatic N) is 6. The van der Waals surface area contributed by atoms with Gasteiger partial charge in [0.25, 0.3) is 35.6 Å². The van der Waals surface area contributed by atoms with E-state index in [-0.39, 0.29) is 96.7 Å². The van der Waals surface area contributed by atoms with E-state index in [1.807, 2.05) is 72.9 Å². The Labute approximate surface area is 717 Å². The van der Waals surface area contributed by atoms with E-state index in [9.17, 15) is 37.5 Å². The predicted octanol–water partition coefficient (Wildman–Crippen LogP) is 16.3. The van der Waals surface area contributed by atoms with Crippen molar-refractivity contribution in [3.63, 3.8) is 0 Å². The molecule has 10 aromatic rings. The Morgan fingerprint density at radius 2 is 0.916 bits per heavy atom. The molecule has 6 N–H and O–H groups in total. The van der Waals surface area contributed by atoms with Crippen LogP contribution in [0.25, 0.3) is 20.9 Å². The van der Waals surface area contributed by atoms with Gasteiger partial charge in [0.2, 0.25) is 0 Å². The van der Waals surface area contributed by atoms with Gasteiger partial charge in [-0.2, -0.15) is 0 Å². The number of carbonyl (C=O) groups excluding carboxylic acids is 6. The molecule has 22 nitrogen and oxygen atoms in total. The van der Waals surface area contributed by atoms with Gasteiger partial charge in [0.1, 0.15) is 23.3 Å². The number of ketones is 2. The van der Waals surface area contributed by atoms with Crippen molar-refractivity contribution in [2.45, 2.75) is 103 Å². The maximum Gasteiger partial charge on any atom is 0.454 e. The first-order chi connectivity index (χ1) is 56.9. The number of aliphatic carboxylic acids is 2. The zero-order valence-electron chi connectivity index (χ0n) is 65.4. The Kier molecular flexibility index (Phi) is 27.9. The third kappa shape index (κ3) is 20.9. The fraction of sp³-hybridized carbons (Fsp3) is 0.311. The number of hydrogen-bond donors (Lipinski definition) is 6.